The third kappa shape index (κ3) is 7.75. The van der Waals surface area contributed by atoms with Crippen LogP contribution in [0.25, 0.3) is 0 Å². The van der Waals surface area contributed by atoms with Crippen molar-refractivity contribution in [2.45, 2.75) is 100 Å². The van der Waals surface area contributed by atoms with Crippen molar-refractivity contribution >= 4 is 46.6 Å². The van der Waals surface area contributed by atoms with E-state index in [1.807, 2.05) is 6.07 Å². The van der Waals surface area contributed by atoms with Gasteiger partial charge in [-0.3, -0.25) is 9.36 Å². The lowest BCUT2D eigenvalue weighted by Crippen LogP contribution is -2.65. The molecule has 12 nitrogen and oxygen atoms in total. The summed E-state index contributed by atoms with van der Waals surface area (Å²) in [7, 11) is -3.00. The highest BCUT2D eigenvalue weighted by Gasteiger charge is 2.62. The Morgan fingerprint density at radius 1 is 0.904 bits per heavy atom. The average Bonchev–Trinajstić information content (AvgIpc) is 3.42. The summed E-state index contributed by atoms with van der Waals surface area (Å²) < 4.78 is 40.5. The maximum Gasteiger partial charge on any atom is 0.350 e. The monoisotopic (exact) mass is 769 g/mol. The standard InChI is InChI=1S/C37H51N3O9SSi2/c1-22(2)51(23(3)4)46-21-30-32(48-52(49-51,24(5)6)25(7)8)33(47-36(42)28-17-16-27(44-9)20-29(28)45-10)35(50-30)40-19-18-31(39-37(40)43)38-34(41)26-14-12-11-13-15-26/h11-20,22-25,30,32-33,35H,21H2,1-10H3,(H,38,39,41,43)/t30-,32-,33-,35-/m1/s1. The molecular weight excluding hydrogens is 719 g/mol. The van der Waals surface area contributed by atoms with Gasteiger partial charge < -0.3 is 32.5 Å². The highest BCUT2D eigenvalue weighted by Crippen LogP contribution is 2.52. The maximum absolute atomic E-state index is 14.1. The predicted molar refractivity (Wildman–Crippen MR) is 206 cm³/mol. The van der Waals surface area contributed by atoms with Crippen LogP contribution in [0, 0.1) is 0 Å². The smallest absolute Gasteiger partial charge is 0.350 e. The van der Waals surface area contributed by atoms with E-state index in [4.69, 9.17) is 27.2 Å². The fraction of sp³-hybridized carbons (Fsp3) is 0.514. The number of fused-ring (bicyclic) bond motifs is 1. The lowest BCUT2D eigenvalue weighted by atomic mass is 10.1. The van der Waals surface area contributed by atoms with Crippen molar-refractivity contribution < 1.29 is 36.8 Å². The Balaban J connectivity index is 1.59. The van der Waals surface area contributed by atoms with Crippen LogP contribution >= 0.6 is 11.8 Å². The molecule has 2 aliphatic rings. The number of aromatic nitrogens is 2. The van der Waals surface area contributed by atoms with Crippen LogP contribution < -0.4 is 20.5 Å². The molecule has 1 N–H and O–H groups in total. The molecule has 5 rings (SSSR count). The van der Waals surface area contributed by atoms with Crippen molar-refractivity contribution in [3.05, 3.63) is 82.4 Å². The third-order valence-corrected chi connectivity index (χ3v) is 21.6. The number of nitrogens with zero attached hydrogens (tertiary/aromatic N) is 2. The van der Waals surface area contributed by atoms with Crippen LogP contribution in [0.15, 0.2) is 65.6 Å². The van der Waals surface area contributed by atoms with Gasteiger partial charge in [0.25, 0.3) is 5.91 Å². The molecule has 2 aromatic carbocycles. The molecule has 1 amide bonds. The zero-order valence-electron chi connectivity index (χ0n) is 31.6. The normalized spacial score (nSPS) is 22.5. The van der Waals surface area contributed by atoms with Gasteiger partial charge in [0.2, 0.25) is 0 Å². The molecule has 0 aliphatic carbocycles. The van der Waals surface area contributed by atoms with Gasteiger partial charge in [-0.15, -0.1) is 11.8 Å². The second kappa shape index (κ2) is 16.3. The Morgan fingerprint density at radius 3 is 2.13 bits per heavy atom. The fourth-order valence-electron chi connectivity index (χ4n) is 7.08. The summed E-state index contributed by atoms with van der Waals surface area (Å²) in [5.74, 6) is -0.139. The summed E-state index contributed by atoms with van der Waals surface area (Å²) in [4.78, 5) is 45.0. The molecule has 3 aromatic rings. The van der Waals surface area contributed by atoms with E-state index in [1.165, 1.54) is 30.5 Å². The molecule has 4 atom stereocenters. The SMILES string of the molecule is COc1ccc(C(=O)O[C@@H]2[C@@H]3O[Si](C(C)C)(C(C)C)O[Si](C(C)C)(C(C)C)OC[C@H]3S[C@H]2n2ccc(NC(=O)c3ccccc3)nc2=O)c(OC)c1. The summed E-state index contributed by atoms with van der Waals surface area (Å²) in [5, 5.41) is 1.64. The van der Waals surface area contributed by atoms with Gasteiger partial charge in [0.05, 0.1) is 26.1 Å². The van der Waals surface area contributed by atoms with Gasteiger partial charge in [-0.05, 0) is 52.5 Å². The second-order valence-electron chi connectivity index (χ2n) is 14.4. The van der Waals surface area contributed by atoms with Crippen molar-refractivity contribution in [3.8, 4) is 11.5 Å². The molecule has 0 saturated carbocycles. The van der Waals surface area contributed by atoms with E-state index in [-0.39, 0.29) is 51.2 Å². The van der Waals surface area contributed by atoms with Gasteiger partial charge in [-0.1, -0.05) is 73.6 Å². The summed E-state index contributed by atoms with van der Waals surface area (Å²) >= 11 is 1.46. The Labute approximate surface area is 312 Å². The first kappa shape index (κ1) is 39.7. The fourth-order valence-corrected chi connectivity index (χ4v) is 20.1. The van der Waals surface area contributed by atoms with Crippen LogP contribution in [0.5, 0.6) is 11.5 Å². The zero-order valence-corrected chi connectivity index (χ0v) is 34.4. The number of carbonyl (C=O) groups is 2. The van der Waals surface area contributed by atoms with Gasteiger partial charge in [-0.2, -0.15) is 4.98 Å². The molecule has 1 aromatic heterocycles. The molecule has 2 fully saturated rings. The highest BCUT2D eigenvalue weighted by molar-refractivity contribution is 8.00. The Morgan fingerprint density at radius 2 is 1.56 bits per heavy atom. The van der Waals surface area contributed by atoms with Gasteiger partial charge in [0, 0.05) is 17.8 Å². The van der Waals surface area contributed by atoms with Crippen molar-refractivity contribution in [3.63, 3.8) is 0 Å². The first-order valence-corrected chi connectivity index (χ1v) is 22.6. The van der Waals surface area contributed by atoms with Crippen LogP contribution in [-0.4, -0.2) is 76.8 Å². The summed E-state index contributed by atoms with van der Waals surface area (Å²) in [6.07, 6.45) is -0.0758. The first-order valence-electron chi connectivity index (χ1n) is 17.7. The van der Waals surface area contributed by atoms with Crippen LogP contribution in [0.3, 0.4) is 0 Å². The van der Waals surface area contributed by atoms with E-state index in [2.05, 4.69) is 65.7 Å². The van der Waals surface area contributed by atoms with E-state index in [0.29, 0.717) is 11.3 Å². The van der Waals surface area contributed by atoms with Crippen LogP contribution in [0.4, 0.5) is 5.82 Å². The number of benzene rings is 2. The van der Waals surface area contributed by atoms with E-state index in [0.717, 1.165) is 0 Å². The van der Waals surface area contributed by atoms with Crippen molar-refractivity contribution in [2.24, 2.45) is 0 Å². The number of anilines is 1. The Bertz CT molecular complexity index is 1770. The highest BCUT2D eigenvalue weighted by atomic mass is 32.2. The van der Waals surface area contributed by atoms with Crippen LogP contribution in [0.1, 0.15) is 81.5 Å². The number of methoxy groups -OCH3 is 2. The van der Waals surface area contributed by atoms with E-state index in [1.54, 1.807) is 54.7 Å². The molecular formula is C37H51N3O9SSi2. The van der Waals surface area contributed by atoms with E-state index >= 15 is 0 Å². The molecule has 2 saturated heterocycles. The van der Waals surface area contributed by atoms with E-state index in [9.17, 15) is 14.4 Å². The van der Waals surface area contributed by atoms with Gasteiger partial charge in [0.1, 0.15) is 34.4 Å². The minimum atomic E-state index is -3.13. The zero-order chi connectivity index (χ0) is 38.0. The van der Waals surface area contributed by atoms with Crippen molar-refractivity contribution in [1.82, 2.24) is 9.55 Å². The molecule has 282 valence electrons. The largest absolute Gasteiger partial charge is 0.497 e. The first-order chi connectivity index (χ1) is 24.7. The van der Waals surface area contributed by atoms with Crippen molar-refractivity contribution in [1.29, 1.82) is 0 Å². The van der Waals surface area contributed by atoms with E-state index < -0.39 is 52.3 Å². The maximum atomic E-state index is 14.1. The van der Waals surface area contributed by atoms with Crippen LogP contribution in [-0.2, 0) is 17.7 Å². The summed E-state index contributed by atoms with van der Waals surface area (Å²) in [6.45, 7) is 17.4. The lowest BCUT2D eigenvalue weighted by Gasteiger charge is -2.51. The molecule has 0 radical (unpaired) electrons. The van der Waals surface area contributed by atoms with Gasteiger partial charge in [-0.25, -0.2) is 9.59 Å². The summed E-state index contributed by atoms with van der Waals surface area (Å²) in [6, 6.07) is 15.1. The topological polar surface area (TPSA) is 136 Å². The average molecular weight is 770 g/mol. The second-order valence-corrected chi connectivity index (χ2v) is 24.6. The number of esters is 1. The molecule has 3 heterocycles. The number of carbonyl (C=O) groups excluding carboxylic acids is 2. The molecule has 52 heavy (non-hydrogen) atoms. The number of nitrogens with one attached hydrogen (secondary N) is 1. The summed E-state index contributed by atoms with van der Waals surface area (Å²) in [5.41, 5.74) is 0.336. The molecule has 0 unspecified atom stereocenters. The minimum Gasteiger partial charge on any atom is -0.497 e. The lowest BCUT2D eigenvalue weighted by molar-refractivity contribution is -0.0329. The van der Waals surface area contributed by atoms with Gasteiger partial charge >= 0.3 is 28.8 Å². The van der Waals surface area contributed by atoms with Crippen LogP contribution in [0.2, 0.25) is 22.2 Å². The Hall–Kier alpha value is -3.48. The number of rotatable bonds is 11. The quantitative estimate of drug-likeness (QED) is 0.155. The number of hydrogen-bond acceptors (Lipinski definition) is 11. The third-order valence-electron chi connectivity index (χ3n) is 9.87. The molecule has 0 bridgehead atoms. The molecule has 15 heteroatoms. The van der Waals surface area contributed by atoms with Crippen molar-refractivity contribution in [2.75, 3.05) is 26.1 Å². The number of hydrogen-bond donors (Lipinski definition) is 1. The van der Waals surface area contributed by atoms with Gasteiger partial charge in [0.15, 0.2) is 6.10 Å². The minimum absolute atomic E-state index is 0.0261. The predicted octanol–water partition coefficient (Wildman–Crippen LogP) is 7.31. The molecule has 0 spiro atoms. The number of thioether (sulfide) groups is 1. The number of ether oxygens (including phenoxy) is 3. The number of amides is 1. The molecule has 2 aliphatic heterocycles. The Kier molecular flexibility index (Phi) is 12.4.